The van der Waals surface area contributed by atoms with Gasteiger partial charge in [-0.05, 0) is 68.7 Å². The minimum absolute atomic E-state index is 0.245. The van der Waals surface area contributed by atoms with E-state index >= 15 is 0 Å². The summed E-state index contributed by atoms with van der Waals surface area (Å²) in [5, 5.41) is 11.4. The monoisotopic (exact) mass is 570 g/mol. The first-order valence-electron chi connectivity index (χ1n) is 14.1. The topological polar surface area (TPSA) is 138 Å². The van der Waals surface area contributed by atoms with Gasteiger partial charge in [0.25, 0.3) is 15.9 Å². The summed E-state index contributed by atoms with van der Waals surface area (Å²) in [6.07, 6.45) is 6.66. The van der Waals surface area contributed by atoms with Crippen LogP contribution in [0.4, 0.5) is 10.6 Å². The molecule has 0 radical (unpaired) electrons. The highest BCUT2D eigenvalue weighted by molar-refractivity contribution is 7.90. The zero-order chi connectivity index (χ0) is 28.5. The first kappa shape index (κ1) is 28.2. The third-order valence-corrected chi connectivity index (χ3v) is 9.75. The number of amides is 2. The molecule has 0 unspecified atom stereocenters. The smallest absolute Gasteiger partial charge is 0.405 e. The number of sulfonamides is 1. The lowest BCUT2D eigenvalue weighted by atomic mass is 9.83. The Morgan fingerprint density at radius 2 is 1.70 bits per heavy atom. The fourth-order valence-corrected chi connectivity index (χ4v) is 6.85. The number of hydrogen-bond acceptors (Lipinski definition) is 7. The summed E-state index contributed by atoms with van der Waals surface area (Å²) in [7, 11) is -4.24. The third-order valence-electron chi connectivity index (χ3n) is 8.51. The van der Waals surface area contributed by atoms with Crippen LogP contribution in [0.3, 0.4) is 0 Å². The second kappa shape index (κ2) is 10.9. The summed E-state index contributed by atoms with van der Waals surface area (Å²) in [4.78, 5) is 30.7. The van der Waals surface area contributed by atoms with E-state index in [-0.39, 0.29) is 5.03 Å². The Labute approximate surface area is 235 Å². The predicted molar refractivity (Wildman–Crippen MR) is 150 cm³/mol. The third kappa shape index (κ3) is 6.04. The lowest BCUT2D eigenvalue weighted by molar-refractivity contribution is -0.128. The van der Waals surface area contributed by atoms with E-state index in [0.717, 1.165) is 24.0 Å². The van der Waals surface area contributed by atoms with Crippen molar-refractivity contribution in [3.8, 4) is 5.75 Å². The predicted octanol–water partition coefficient (Wildman–Crippen LogP) is 4.48. The molecule has 1 aromatic carbocycles. The maximum atomic E-state index is 13.4. The van der Waals surface area contributed by atoms with Crippen molar-refractivity contribution in [3.05, 3.63) is 47.5 Å². The van der Waals surface area contributed by atoms with Gasteiger partial charge in [0.2, 0.25) is 0 Å². The standard InChI is InChI=1S/C29H38N4O6S/c1-20-8-6-11-22(21-9-4-3-5-10-21)25(20)39-29(14-15-29)26(34)32-40(37,38)24-13-7-12-23(30-24)33-18-16-28(2,17-19-33)31-27(35)36/h6-8,11-13,21,31H,3-5,9-10,14-19H2,1-2H3,(H,32,34)(H,35,36). The highest BCUT2D eigenvalue weighted by Gasteiger charge is 2.54. The molecule has 2 aromatic rings. The first-order valence-corrected chi connectivity index (χ1v) is 15.6. The lowest BCUT2D eigenvalue weighted by Crippen LogP contribution is -2.53. The van der Waals surface area contributed by atoms with Gasteiger partial charge in [0.15, 0.2) is 10.6 Å². The molecule has 11 heteroatoms. The van der Waals surface area contributed by atoms with Crippen LogP contribution < -0.4 is 19.7 Å². The number of piperidine rings is 1. The molecule has 0 atom stereocenters. The van der Waals surface area contributed by atoms with Gasteiger partial charge in [0.1, 0.15) is 11.6 Å². The van der Waals surface area contributed by atoms with Crippen molar-refractivity contribution >= 4 is 27.8 Å². The highest BCUT2D eigenvalue weighted by Crippen LogP contribution is 2.46. The van der Waals surface area contributed by atoms with Crippen LogP contribution >= 0.6 is 0 Å². The number of anilines is 1. The molecule has 0 bridgehead atoms. The summed E-state index contributed by atoms with van der Waals surface area (Å²) in [6, 6.07) is 10.7. The number of nitrogens with zero attached hydrogens (tertiary/aromatic N) is 2. The fourth-order valence-electron chi connectivity index (χ4n) is 5.84. The Morgan fingerprint density at radius 3 is 2.35 bits per heavy atom. The van der Waals surface area contributed by atoms with Crippen LogP contribution in [0.1, 0.15) is 81.8 Å². The average Bonchev–Trinajstić information content (AvgIpc) is 3.71. The Bertz CT molecular complexity index is 1380. The molecule has 2 aliphatic carbocycles. The Morgan fingerprint density at radius 1 is 1.02 bits per heavy atom. The number of carbonyl (C=O) groups is 2. The number of rotatable bonds is 8. The van der Waals surface area contributed by atoms with Crippen molar-refractivity contribution in [2.75, 3.05) is 18.0 Å². The molecule has 3 N–H and O–H groups in total. The Hall–Kier alpha value is -3.34. The van der Waals surface area contributed by atoms with E-state index in [1.165, 1.54) is 25.3 Å². The quantitative estimate of drug-likeness (QED) is 0.422. The molecule has 216 valence electrons. The number of benzene rings is 1. The van der Waals surface area contributed by atoms with Gasteiger partial charge in [-0.2, -0.15) is 8.42 Å². The van der Waals surface area contributed by atoms with E-state index < -0.39 is 33.2 Å². The van der Waals surface area contributed by atoms with E-state index in [0.29, 0.717) is 56.3 Å². The number of hydrogen-bond donors (Lipinski definition) is 3. The molecule has 0 spiro atoms. The van der Waals surface area contributed by atoms with Gasteiger partial charge in [0.05, 0.1) is 0 Å². The number of ether oxygens (including phenoxy) is 1. The molecule has 10 nitrogen and oxygen atoms in total. The molecule has 1 aromatic heterocycles. The van der Waals surface area contributed by atoms with Gasteiger partial charge >= 0.3 is 6.09 Å². The minimum Gasteiger partial charge on any atom is -0.477 e. The molecule has 3 aliphatic rings. The summed E-state index contributed by atoms with van der Waals surface area (Å²) in [6.45, 7) is 4.84. The fraction of sp³-hybridized carbons (Fsp3) is 0.552. The van der Waals surface area contributed by atoms with Crippen LogP contribution in [-0.2, 0) is 14.8 Å². The van der Waals surface area contributed by atoms with Crippen molar-refractivity contribution in [3.63, 3.8) is 0 Å². The van der Waals surface area contributed by atoms with Crippen molar-refractivity contribution in [1.29, 1.82) is 0 Å². The number of aromatic nitrogens is 1. The van der Waals surface area contributed by atoms with Crippen molar-refractivity contribution in [2.45, 2.75) is 93.7 Å². The van der Waals surface area contributed by atoms with E-state index in [1.54, 1.807) is 12.1 Å². The number of carboxylic acid groups (broad SMARTS) is 1. The van der Waals surface area contributed by atoms with Crippen LogP contribution in [0.5, 0.6) is 5.75 Å². The van der Waals surface area contributed by atoms with Crippen molar-refractivity contribution in [1.82, 2.24) is 15.0 Å². The second-order valence-corrected chi connectivity index (χ2v) is 13.3. The number of pyridine rings is 1. The number of para-hydroxylation sites is 1. The SMILES string of the molecule is Cc1cccc(C2CCCCC2)c1OC1(C(=O)NS(=O)(=O)c2cccc(N3CCC(C)(NC(=O)O)CC3)n2)CC1. The van der Waals surface area contributed by atoms with Crippen molar-refractivity contribution < 1.29 is 27.9 Å². The van der Waals surface area contributed by atoms with Crippen LogP contribution in [0.25, 0.3) is 0 Å². The molecular formula is C29H38N4O6S. The largest absolute Gasteiger partial charge is 0.477 e. The molecule has 2 saturated carbocycles. The van der Waals surface area contributed by atoms with Gasteiger partial charge < -0.3 is 20.1 Å². The summed E-state index contributed by atoms with van der Waals surface area (Å²) in [5.74, 6) is 0.868. The summed E-state index contributed by atoms with van der Waals surface area (Å²) in [5.41, 5.74) is 0.282. The normalized spacial score (nSPS) is 20.4. The van der Waals surface area contributed by atoms with Crippen molar-refractivity contribution in [2.24, 2.45) is 0 Å². The van der Waals surface area contributed by atoms with E-state index in [2.05, 4.69) is 21.1 Å². The average molecular weight is 571 g/mol. The lowest BCUT2D eigenvalue weighted by Gasteiger charge is -2.39. The summed E-state index contributed by atoms with van der Waals surface area (Å²) >= 11 is 0. The van der Waals surface area contributed by atoms with E-state index in [9.17, 15) is 18.0 Å². The molecule has 3 fully saturated rings. The van der Waals surface area contributed by atoms with Crippen LogP contribution in [-0.4, -0.2) is 54.7 Å². The molecule has 40 heavy (non-hydrogen) atoms. The zero-order valence-corrected chi connectivity index (χ0v) is 23.9. The second-order valence-electron chi connectivity index (χ2n) is 11.7. The van der Waals surface area contributed by atoms with Gasteiger partial charge in [0, 0.05) is 31.5 Å². The maximum absolute atomic E-state index is 13.4. The number of carbonyl (C=O) groups excluding carboxylic acids is 1. The van der Waals surface area contributed by atoms with Crippen LogP contribution in [0.2, 0.25) is 0 Å². The highest BCUT2D eigenvalue weighted by atomic mass is 32.2. The van der Waals surface area contributed by atoms with E-state index in [1.807, 2.05) is 30.9 Å². The molecule has 1 saturated heterocycles. The number of nitrogens with one attached hydrogen (secondary N) is 2. The summed E-state index contributed by atoms with van der Waals surface area (Å²) < 4.78 is 35.1. The van der Waals surface area contributed by atoms with E-state index in [4.69, 9.17) is 9.84 Å². The minimum atomic E-state index is -4.24. The number of aryl methyl sites for hydroxylation is 1. The van der Waals surface area contributed by atoms with Crippen LogP contribution in [0, 0.1) is 6.92 Å². The van der Waals surface area contributed by atoms with Gasteiger partial charge in [-0.25, -0.2) is 14.5 Å². The van der Waals surface area contributed by atoms with Crippen LogP contribution in [0.15, 0.2) is 41.4 Å². The molecule has 1 aliphatic heterocycles. The maximum Gasteiger partial charge on any atom is 0.405 e. The molecule has 5 rings (SSSR count). The van der Waals surface area contributed by atoms with Gasteiger partial charge in [-0.3, -0.25) is 4.79 Å². The molecular weight excluding hydrogens is 532 g/mol. The first-order chi connectivity index (χ1) is 19.0. The Kier molecular flexibility index (Phi) is 7.69. The molecule has 2 amide bonds. The molecule has 2 heterocycles. The zero-order valence-electron chi connectivity index (χ0n) is 23.1. The van der Waals surface area contributed by atoms with Gasteiger partial charge in [-0.1, -0.05) is 43.5 Å². The Balaban J connectivity index is 1.28. The van der Waals surface area contributed by atoms with Gasteiger partial charge in [-0.15, -0.1) is 0 Å².